The molecule has 1 N–H and O–H groups in total. The molecule has 0 saturated carbocycles. The summed E-state index contributed by atoms with van der Waals surface area (Å²) in [6.45, 7) is 6.55. The average molecular weight is 433 g/mol. The van der Waals surface area contributed by atoms with Crippen molar-refractivity contribution in [3.8, 4) is 5.75 Å². The number of morpholine rings is 1. The van der Waals surface area contributed by atoms with Crippen molar-refractivity contribution in [3.63, 3.8) is 0 Å². The lowest BCUT2D eigenvalue weighted by Crippen LogP contribution is -2.39. The van der Waals surface area contributed by atoms with Crippen molar-refractivity contribution in [1.82, 2.24) is 9.62 Å². The highest BCUT2D eigenvalue weighted by atomic mass is 32.2. The van der Waals surface area contributed by atoms with Crippen LogP contribution in [0.4, 0.5) is 0 Å². The molecule has 0 amide bonds. The predicted octanol–water partition coefficient (Wildman–Crippen LogP) is 3.61. The first-order valence-electron chi connectivity index (χ1n) is 10.7. The highest BCUT2D eigenvalue weighted by Crippen LogP contribution is 2.22. The standard InChI is InChI=1S/C23H32N2O4S/c1-2-17-28-21-10-12-22(13-11-21)30(26,27)24-14-6-7-15-25-16-18-29-23(19-25)20-8-4-3-5-9-20/h3-5,8-13,23-24H,2,6-7,14-19H2,1H3. The molecule has 0 spiro atoms. The van der Waals surface area contributed by atoms with Gasteiger partial charge in [-0.1, -0.05) is 37.3 Å². The molecule has 2 aromatic rings. The van der Waals surface area contributed by atoms with Crippen molar-refractivity contribution < 1.29 is 17.9 Å². The maximum atomic E-state index is 12.4. The van der Waals surface area contributed by atoms with Crippen molar-refractivity contribution in [1.29, 1.82) is 0 Å². The maximum absolute atomic E-state index is 12.4. The van der Waals surface area contributed by atoms with E-state index in [2.05, 4.69) is 21.8 Å². The minimum atomic E-state index is -3.49. The van der Waals surface area contributed by atoms with Crippen molar-refractivity contribution in [2.24, 2.45) is 0 Å². The van der Waals surface area contributed by atoms with Gasteiger partial charge in [0.15, 0.2) is 0 Å². The van der Waals surface area contributed by atoms with Crippen LogP contribution < -0.4 is 9.46 Å². The summed E-state index contributed by atoms with van der Waals surface area (Å²) in [5.41, 5.74) is 1.21. The third-order valence-corrected chi connectivity index (χ3v) is 6.60. The molecule has 6 nitrogen and oxygen atoms in total. The van der Waals surface area contributed by atoms with Crippen LogP contribution >= 0.6 is 0 Å². The summed E-state index contributed by atoms with van der Waals surface area (Å²) in [5.74, 6) is 0.690. The summed E-state index contributed by atoms with van der Waals surface area (Å²) in [4.78, 5) is 2.66. The van der Waals surface area contributed by atoms with Gasteiger partial charge in [-0.3, -0.25) is 4.90 Å². The molecule has 1 aliphatic rings. The Morgan fingerprint density at radius 2 is 1.87 bits per heavy atom. The quantitative estimate of drug-likeness (QED) is 0.550. The molecule has 0 radical (unpaired) electrons. The first kappa shape index (κ1) is 22.7. The average Bonchev–Trinajstić information content (AvgIpc) is 2.78. The van der Waals surface area contributed by atoms with Gasteiger partial charge in [0, 0.05) is 19.6 Å². The van der Waals surface area contributed by atoms with Crippen LogP contribution in [0.5, 0.6) is 5.75 Å². The molecule has 2 aromatic carbocycles. The van der Waals surface area contributed by atoms with Crippen LogP contribution in [0, 0.1) is 0 Å². The zero-order valence-corrected chi connectivity index (χ0v) is 18.4. The van der Waals surface area contributed by atoms with E-state index in [-0.39, 0.29) is 11.0 Å². The van der Waals surface area contributed by atoms with Gasteiger partial charge < -0.3 is 9.47 Å². The van der Waals surface area contributed by atoms with Gasteiger partial charge in [0.1, 0.15) is 5.75 Å². The van der Waals surface area contributed by atoms with E-state index in [1.807, 2.05) is 25.1 Å². The largest absolute Gasteiger partial charge is 0.494 e. The molecule has 1 atom stereocenters. The fraction of sp³-hybridized carbons (Fsp3) is 0.478. The third-order valence-electron chi connectivity index (χ3n) is 5.12. The van der Waals surface area contributed by atoms with E-state index < -0.39 is 10.0 Å². The van der Waals surface area contributed by atoms with Crippen molar-refractivity contribution >= 4 is 10.0 Å². The van der Waals surface area contributed by atoms with Crippen molar-refractivity contribution in [2.45, 2.75) is 37.2 Å². The molecule has 1 fully saturated rings. The molecule has 7 heteroatoms. The minimum Gasteiger partial charge on any atom is -0.494 e. The SMILES string of the molecule is CCCOc1ccc(S(=O)(=O)NCCCCN2CCOC(c3ccccc3)C2)cc1. The number of ether oxygens (including phenoxy) is 2. The van der Waals surface area contributed by atoms with E-state index in [1.54, 1.807) is 24.3 Å². The highest BCUT2D eigenvalue weighted by molar-refractivity contribution is 7.89. The Bertz CT molecular complexity index is 857. The Labute approximate surface area is 180 Å². The van der Waals surface area contributed by atoms with Crippen LogP contribution in [-0.4, -0.2) is 52.7 Å². The molecule has 3 rings (SSSR count). The van der Waals surface area contributed by atoms with Gasteiger partial charge in [0.05, 0.1) is 24.2 Å². The molecule has 164 valence electrons. The topological polar surface area (TPSA) is 67.9 Å². The Kier molecular flexibility index (Phi) is 8.69. The number of hydrogen-bond acceptors (Lipinski definition) is 5. The third kappa shape index (κ3) is 6.80. The van der Waals surface area contributed by atoms with Crippen LogP contribution in [0.1, 0.15) is 37.9 Å². The Balaban J connectivity index is 1.38. The number of sulfonamides is 1. The second kappa shape index (κ2) is 11.5. The van der Waals surface area contributed by atoms with E-state index >= 15 is 0 Å². The number of hydrogen-bond donors (Lipinski definition) is 1. The zero-order valence-electron chi connectivity index (χ0n) is 17.6. The van der Waals surface area contributed by atoms with Crippen LogP contribution in [0.15, 0.2) is 59.5 Å². The second-order valence-corrected chi connectivity index (χ2v) is 9.26. The van der Waals surface area contributed by atoms with Crippen LogP contribution in [-0.2, 0) is 14.8 Å². The van der Waals surface area contributed by atoms with E-state index in [1.165, 1.54) is 5.56 Å². The lowest BCUT2D eigenvalue weighted by Gasteiger charge is -2.33. The normalized spacial score (nSPS) is 17.7. The molecule has 1 heterocycles. The molecule has 30 heavy (non-hydrogen) atoms. The molecular weight excluding hydrogens is 400 g/mol. The number of rotatable bonds is 11. The van der Waals surface area contributed by atoms with Gasteiger partial charge in [-0.2, -0.15) is 0 Å². The zero-order chi connectivity index (χ0) is 21.2. The van der Waals surface area contributed by atoms with Crippen LogP contribution in [0.2, 0.25) is 0 Å². The molecule has 1 unspecified atom stereocenters. The number of nitrogens with zero attached hydrogens (tertiary/aromatic N) is 1. The smallest absolute Gasteiger partial charge is 0.240 e. The van der Waals surface area contributed by atoms with Crippen molar-refractivity contribution in [2.75, 3.05) is 39.4 Å². The van der Waals surface area contributed by atoms with E-state index in [4.69, 9.17) is 9.47 Å². The first-order chi connectivity index (χ1) is 14.6. The fourth-order valence-electron chi connectivity index (χ4n) is 3.46. The Morgan fingerprint density at radius 1 is 1.10 bits per heavy atom. The van der Waals surface area contributed by atoms with Crippen molar-refractivity contribution in [3.05, 3.63) is 60.2 Å². The highest BCUT2D eigenvalue weighted by Gasteiger charge is 2.21. The van der Waals surface area contributed by atoms with Gasteiger partial charge in [-0.05, 0) is 55.6 Å². The molecule has 0 aliphatic carbocycles. The summed E-state index contributed by atoms with van der Waals surface area (Å²) in [5, 5.41) is 0. The Hall–Kier alpha value is -1.93. The molecular formula is C23H32N2O4S. The lowest BCUT2D eigenvalue weighted by molar-refractivity contribution is -0.0303. The lowest BCUT2D eigenvalue weighted by atomic mass is 10.1. The monoisotopic (exact) mass is 432 g/mol. The predicted molar refractivity (Wildman–Crippen MR) is 118 cm³/mol. The summed E-state index contributed by atoms with van der Waals surface area (Å²) in [6.07, 6.45) is 2.76. The van der Waals surface area contributed by atoms with E-state index in [0.29, 0.717) is 18.9 Å². The first-order valence-corrected chi connectivity index (χ1v) is 12.2. The van der Waals surface area contributed by atoms with E-state index in [9.17, 15) is 8.42 Å². The minimum absolute atomic E-state index is 0.114. The molecule has 0 bridgehead atoms. The number of nitrogens with one attached hydrogen (secondary N) is 1. The summed E-state index contributed by atoms with van der Waals surface area (Å²) < 4.78 is 39.0. The maximum Gasteiger partial charge on any atom is 0.240 e. The van der Waals surface area contributed by atoms with Gasteiger partial charge in [-0.25, -0.2) is 13.1 Å². The van der Waals surface area contributed by atoms with Crippen LogP contribution in [0.25, 0.3) is 0 Å². The molecule has 0 aromatic heterocycles. The Morgan fingerprint density at radius 3 is 2.60 bits per heavy atom. The van der Waals surface area contributed by atoms with Gasteiger partial charge >= 0.3 is 0 Å². The molecule has 1 saturated heterocycles. The van der Waals surface area contributed by atoms with Crippen LogP contribution in [0.3, 0.4) is 0 Å². The summed E-state index contributed by atoms with van der Waals surface area (Å²) in [7, 11) is -3.49. The van der Waals surface area contributed by atoms with Gasteiger partial charge in [0.2, 0.25) is 10.0 Å². The van der Waals surface area contributed by atoms with Gasteiger partial charge in [-0.15, -0.1) is 0 Å². The number of unbranched alkanes of at least 4 members (excludes halogenated alkanes) is 1. The van der Waals surface area contributed by atoms with Gasteiger partial charge in [0.25, 0.3) is 0 Å². The van der Waals surface area contributed by atoms with E-state index in [0.717, 1.165) is 45.5 Å². The fourth-order valence-corrected chi connectivity index (χ4v) is 4.53. The number of benzene rings is 2. The summed E-state index contributed by atoms with van der Waals surface area (Å²) in [6, 6.07) is 16.9. The second-order valence-electron chi connectivity index (χ2n) is 7.50. The summed E-state index contributed by atoms with van der Waals surface area (Å²) >= 11 is 0. The molecule has 1 aliphatic heterocycles.